The highest BCUT2D eigenvalue weighted by molar-refractivity contribution is 6.01. The molecule has 1 unspecified atom stereocenters. The van der Waals surface area contributed by atoms with E-state index in [0.29, 0.717) is 29.3 Å². The summed E-state index contributed by atoms with van der Waals surface area (Å²) < 4.78 is 16.1. The Balaban J connectivity index is 1.48. The van der Waals surface area contributed by atoms with Crippen LogP contribution >= 0.6 is 0 Å². The minimum absolute atomic E-state index is 0.00583. The molecular weight excluding hydrogens is 360 g/mol. The van der Waals surface area contributed by atoms with Crippen molar-refractivity contribution in [3.05, 3.63) is 47.0 Å². The van der Waals surface area contributed by atoms with E-state index in [2.05, 4.69) is 5.32 Å². The van der Waals surface area contributed by atoms with E-state index in [1.165, 1.54) is 16.0 Å². The first-order valence-electron chi connectivity index (χ1n) is 9.24. The van der Waals surface area contributed by atoms with Crippen LogP contribution in [0, 0.1) is 0 Å². The summed E-state index contributed by atoms with van der Waals surface area (Å²) in [4.78, 5) is 25.5. The Morgan fingerprint density at radius 3 is 2.64 bits per heavy atom. The van der Waals surface area contributed by atoms with Gasteiger partial charge in [0.15, 0.2) is 18.1 Å². The normalized spacial score (nSPS) is 17.6. The van der Waals surface area contributed by atoms with Gasteiger partial charge in [0.25, 0.3) is 5.91 Å². The maximum atomic E-state index is 12.8. The van der Waals surface area contributed by atoms with Crippen LogP contribution in [0.15, 0.2) is 30.3 Å². The van der Waals surface area contributed by atoms with Crippen LogP contribution < -0.4 is 24.4 Å². The maximum absolute atomic E-state index is 12.8. The first kappa shape index (κ1) is 18.3. The second-order valence-electron chi connectivity index (χ2n) is 7.05. The maximum Gasteiger partial charge on any atom is 0.262 e. The van der Waals surface area contributed by atoms with E-state index in [-0.39, 0.29) is 18.3 Å². The van der Waals surface area contributed by atoms with Crippen molar-refractivity contribution in [1.82, 2.24) is 0 Å². The van der Waals surface area contributed by atoms with Gasteiger partial charge in [0, 0.05) is 17.5 Å². The second kappa shape index (κ2) is 7.52. The fourth-order valence-electron chi connectivity index (χ4n) is 3.77. The van der Waals surface area contributed by atoms with Crippen molar-refractivity contribution >= 4 is 17.4 Å². The summed E-state index contributed by atoms with van der Waals surface area (Å²) in [7, 11) is 3.26. The van der Waals surface area contributed by atoms with Crippen molar-refractivity contribution in [3.8, 4) is 17.2 Å². The molecule has 2 aromatic carbocycles. The lowest BCUT2D eigenvalue weighted by Crippen LogP contribution is -3.12. The molecule has 146 valence electrons. The van der Waals surface area contributed by atoms with Crippen LogP contribution in [0.2, 0.25) is 0 Å². The molecule has 1 atom stereocenters. The molecule has 4 rings (SSSR count). The smallest absolute Gasteiger partial charge is 0.262 e. The summed E-state index contributed by atoms with van der Waals surface area (Å²) in [6.45, 7) is 2.03. The average molecular weight is 383 g/mol. The SMILES string of the molecule is COc1cc2c(cc1OC)C[NH+](CC(=O)c1ccc3c(c1)NC(=O)CO3)CC2. The number of benzene rings is 2. The van der Waals surface area contributed by atoms with Gasteiger partial charge in [0.2, 0.25) is 5.78 Å². The van der Waals surface area contributed by atoms with Gasteiger partial charge < -0.3 is 24.4 Å². The van der Waals surface area contributed by atoms with Crippen molar-refractivity contribution in [2.75, 3.05) is 39.2 Å². The number of carbonyl (C=O) groups excluding carboxylic acids is 2. The molecule has 7 heteroatoms. The first-order chi connectivity index (χ1) is 13.6. The number of rotatable bonds is 5. The van der Waals surface area contributed by atoms with E-state index in [9.17, 15) is 9.59 Å². The molecular formula is C21H23N2O5+. The summed E-state index contributed by atoms with van der Waals surface area (Å²) in [5.41, 5.74) is 3.55. The van der Waals surface area contributed by atoms with Crippen LogP contribution in [0.1, 0.15) is 21.5 Å². The highest BCUT2D eigenvalue weighted by Crippen LogP contribution is 2.31. The molecule has 0 saturated heterocycles. The van der Waals surface area contributed by atoms with Gasteiger partial charge in [-0.25, -0.2) is 0 Å². The van der Waals surface area contributed by atoms with E-state index in [1.54, 1.807) is 32.4 Å². The molecule has 28 heavy (non-hydrogen) atoms. The Morgan fingerprint density at radius 2 is 1.89 bits per heavy atom. The van der Waals surface area contributed by atoms with Gasteiger partial charge in [-0.15, -0.1) is 0 Å². The predicted molar refractivity (Wildman–Crippen MR) is 103 cm³/mol. The Hall–Kier alpha value is -3.06. The zero-order chi connectivity index (χ0) is 19.7. The van der Waals surface area contributed by atoms with E-state index >= 15 is 0 Å². The van der Waals surface area contributed by atoms with Crippen LogP contribution in [0.5, 0.6) is 17.2 Å². The fourth-order valence-corrected chi connectivity index (χ4v) is 3.77. The van der Waals surface area contributed by atoms with Gasteiger partial charge in [-0.3, -0.25) is 9.59 Å². The molecule has 2 heterocycles. The molecule has 1 amide bonds. The molecule has 0 spiro atoms. The van der Waals surface area contributed by atoms with Crippen molar-refractivity contribution in [2.24, 2.45) is 0 Å². The zero-order valence-corrected chi connectivity index (χ0v) is 16.0. The van der Waals surface area contributed by atoms with Crippen LogP contribution in [0.3, 0.4) is 0 Å². The molecule has 0 saturated carbocycles. The van der Waals surface area contributed by atoms with Crippen LogP contribution in [-0.2, 0) is 17.8 Å². The summed E-state index contributed by atoms with van der Waals surface area (Å²) >= 11 is 0. The van der Waals surface area contributed by atoms with Gasteiger partial charge in [0.1, 0.15) is 18.8 Å². The number of nitrogens with one attached hydrogen (secondary N) is 2. The number of methoxy groups -OCH3 is 2. The third-order valence-electron chi connectivity index (χ3n) is 5.24. The van der Waals surface area contributed by atoms with Crippen molar-refractivity contribution in [3.63, 3.8) is 0 Å². The number of hydrogen-bond donors (Lipinski definition) is 2. The molecule has 7 nitrogen and oxygen atoms in total. The lowest BCUT2D eigenvalue weighted by Gasteiger charge is -2.26. The monoisotopic (exact) mass is 383 g/mol. The second-order valence-corrected chi connectivity index (χ2v) is 7.05. The molecule has 0 bridgehead atoms. The molecule has 2 N–H and O–H groups in total. The molecule has 0 aromatic heterocycles. The number of Topliss-reactive ketones (excluding diaryl/α,β-unsaturated/α-hetero) is 1. The van der Waals surface area contributed by atoms with Crippen LogP contribution in [0.25, 0.3) is 0 Å². The van der Waals surface area contributed by atoms with Gasteiger partial charge >= 0.3 is 0 Å². The first-order valence-corrected chi connectivity index (χ1v) is 9.24. The fraction of sp³-hybridized carbons (Fsp3) is 0.333. The van der Waals surface area contributed by atoms with Crippen LogP contribution in [-0.4, -0.2) is 45.6 Å². The minimum atomic E-state index is -0.209. The third-order valence-corrected chi connectivity index (χ3v) is 5.24. The number of anilines is 1. The Morgan fingerprint density at radius 1 is 1.14 bits per heavy atom. The average Bonchev–Trinajstić information content (AvgIpc) is 2.72. The van der Waals surface area contributed by atoms with E-state index in [1.807, 2.05) is 12.1 Å². The zero-order valence-electron chi connectivity index (χ0n) is 16.0. The third kappa shape index (κ3) is 3.53. The molecule has 2 aliphatic rings. The number of ether oxygens (including phenoxy) is 3. The summed E-state index contributed by atoms with van der Waals surface area (Å²) in [6, 6.07) is 9.21. The number of ketones is 1. The summed E-state index contributed by atoms with van der Waals surface area (Å²) in [5.74, 6) is 1.87. The van der Waals surface area contributed by atoms with Gasteiger partial charge in [-0.1, -0.05) is 0 Å². The van der Waals surface area contributed by atoms with Crippen molar-refractivity contribution in [1.29, 1.82) is 0 Å². The Bertz CT molecular complexity index is 941. The Kier molecular flexibility index (Phi) is 4.92. The number of carbonyl (C=O) groups is 2. The molecule has 0 radical (unpaired) electrons. The van der Waals surface area contributed by atoms with Gasteiger partial charge in [-0.2, -0.15) is 0 Å². The summed E-state index contributed by atoms with van der Waals surface area (Å²) in [6.07, 6.45) is 0.881. The lowest BCUT2D eigenvalue weighted by atomic mass is 9.98. The van der Waals surface area contributed by atoms with Crippen molar-refractivity contribution < 1.29 is 28.7 Å². The number of hydrogen-bond acceptors (Lipinski definition) is 5. The lowest BCUT2D eigenvalue weighted by molar-refractivity contribution is -0.907. The highest BCUT2D eigenvalue weighted by atomic mass is 16.5. The van der Waals surface area contributed by atoms with Gasteiger partial charge in [-0.05, 0) is 35.9 Å². The van der Waals surface area contributed by atoms with E-state index in [0.717, 1.165) is 25.3 Å². The number of amides is 1. The largest absolute Gasteiger partial charge is 0.493 e. The highest BCUT2D eigenvalue weighted by Gasteiger charge is 2.25. The van der Waals surface area contributed by atoms with E-state index in [4.69, 9.17) is 14.2 Å². The molecule has 0 aliphatic carbocycles. The molecule has 2 aromatic rings. The standard InChI is InChI=1S/C21H22N2O5/c1-26-19-8-13-5-6-23(10-15(13)9-20(19)27-2)11-17(24)14-3-4-18-16(7-14)22-21(25)12-28-18/h3-4,7-9H,5-6,10-12H2,1-2H3,(H,22,25)/p+1. The Labute approximate surface area is 163 Å². The quantitative estimate of drug-likeness (QED) is 0.749. The minimum Gasteiger partial charge on any atom is -0.493 e. The molecule has 2 aliphatic heterocycles. The van der Waals surface area contributed by atoms with E-state index < -0.39 is 0 Å². The predicted octanol–water partition coefficient (Wildman–Crippen LogP) is 0.859. The summed E-state index contributed by atoms with van der Waals surface area (Å²) in [5, 5.41) is 2.75. The number of quaternary nitrogens is 1. The van der Waals surface area contributed by atoms with Crippen LogP contribution in [0.4, 0.5) is 5.69 Å². The topological polar surface area (TPSA) is 78.3 Å². The van der Waals surface area contributed by atoms with Crippen molar-refractivity contribution in [2.45, 2.75) is 13.0 Å². The number of fused-ring (bicyclic) bond motifs is 2. The molecule has 0 fully saturated rings. The van der Waals surface area contributed by atoms with Gasteiger partial charge in [0.05, 0.1) is 26.5 Å².